The van der Waals surface area contributed by atoms with E-state index in [0.29, 0.717) is 5.69 Å². The van der Waals surface area contributed by atoms with E-state index in [-0.39, 0.29) is 21.4 Å². The molecular formula is C12H8Cl2F2N2. The van der Waals surface area contributed by atoms with Crippen LogP contribution in [-0.4, -0.2) is 0 Å². The number of nitrogens with one attached hydrogen (secondary N) is 1. The second kappa shape index (κ2) is 5.00. The van der Waals surface area contributed by atoms with E-state index >= 15 is 0 Å². The maximum absolute atomic E-state index is 13.6. The highest BCUT2D eigenvalue weighted by atomic mass is 35.5. The maximum atomic E-state index is 13.6. The number of hydrogen-bond acceptors (Lipinski definition) is 2. The van der Waals surface area contributed by atoms with Gasteiger partial charge in [0.15, 0.2) is 11.6 Å². The predicted octanol–water partition coefficient (Wildman–Crippen LogP) is 4.60. The molecule has 0 aliphatic rings. The second-order valence-corrected chi connectivity index (χ2v) is 4.37. The SMILES string of the molecule is Nc1cc(F)c(Nc2cccc(Cl)c2Cl)c(F)c1. The van der Waals surface area contributed by atoms with Crippen LogP contribution in [0.3, 0.4) is 0 Å². The van der Waals surface area contributed by atoms with E-state index in [4.69, 9.17) is 28.9 Å². The van der Waals surface area contributed by atoms with Gasteiger partial charge in [-0.25, -0.2) is 8.78 Å². The first-order valence-corrected chi connectivity index (χ1v) is 5.70. The topological polar surface area (TPSA) is 38.0 Å². The quantitative estimate of drug-likeness (QED) is 0.793. The van der Waals surface area contributed by atoms with Crippen LogP contribution in [0.15, 0.2) is 30.3 Å². The molecule has 0 atom stereocenters. The molecule has 0 saturated carbocycles. The Balaban J connectivity index is 2.43. The zero-order chi connectivity index (χ0) is 13.3. The molecule has 0 heterocycles. The van der Waals surface area contributed by atoms with Crippen molar-refractivity contribution in [3.63, 3.8) is 0 Å². The van der Waals surface area contributed by atoms with Gasteiger partial charge < -0.3 is 11.1 Å². The highest BCUT2D eigenvalue weighted by Gasteiger charge is 2.12. The number of hydrogen-bond donors (Lipinski definition) is 2. The minimum Gasteiger partial charge on any atom is -0.399 e. The molecule has 0 aromatic heterocycles. The minimum atomic E-state index is -0.802. The van der Waals surface area contributed by atoms with E-state index in [0.717, 1.165) is 12.1 Å². The number of rotatable bonds is 2. The van der Waals surface area contributed by atoms with Crippen molar-refractivity contribution >= 4 is 40.3 Å². The lowest BCUT2D eigenvalue weighted by Gasteiger charge is -2.11. The summed E-state index contributed by atoms with van der Waals surface area (Å²) in [5.74, 6) is -1.60. The van der Waals surface area contributed by atoms with Gasteiger partial charge >= 0.3 is 0 Å². The number of nitrogen functional groups attached to an aromatic ring is 1. The summed E-state index contributed by atoms with van der Waals surface area (Å²) in [7, 11) is 0. The van der Waals surface area contributed by atoms with Crippen LogP contribution in [-0.2, 0) is 0 Å². The van der Waals surface area contributed by atoms with Gasteiger partial charge in [-0.05, 0) is 24.3 Å². The van der Waals surface area contributed by atoms with Crippen molar-refractivity contribution in [1.29, 1.82) is 0 Å². The van der Waals surface area contributed by atoms with E-state index in [2.05, 4.69) is 5.32 Å². The Bertz CT molecular complexity index is 580. The van der Waals surface area contributed by atoms with Crippen molar-refractivity contribution in [3.05, 3.63) is 52.0 Å². The average molecular weight is 289 g/mol. The lowest BCUT2D eigenvalue weighted by molar-refractivity contribution is 0.592. The van der Waals surface area contributed by atoms with Crippen molar-refractivity contribution in [2.24, 2.45) is 0 Å². The zero-order valence-corrected chi connectivity index (χ0v) is 10.5. The third kappa shape index (κ3) is 2.49. The van der Waals surface area contributed by atoms with Gasteiger partial charge in [0.25, 0.3) is 0 Å². The van der Waals surface area contributed by atoms with Crippen LogP contribution in [0.4, 0.5) is 25.8 Å². The molecule has 2 aromatic rings. The largest absolute Gasteiger partial charge is 0.399 e. The van der Waals surface area contributed by atoms with Crippen molar-refractivity contribution in [1.82, 2.24) is 0 Å². The standard InChI is InChI=1S/C12H8Cl2F2N2/c13-7-2-1-3-10(11(7)14)18-12-8(15)4-6(17)5-9(12)16/h1-5,18H,17H2. The van der Waals surface area contributed by atoms with Gasteiger partial charge in [0.1, 0.15) is 5.69 Å². The Hall–Kier alpha value is -1.52. The third-order valence-corrected chi connectivity index (χ3v) is 3.09. The number of anilines is 3. The molecule has 0 fully saturated rings. The van der Waals surface area contributed by atoms with E-state index in [1.54, 1.807) is 18.2 Å². The summed E-state index contributed by atoms with van der Waals surface area (Å²) in [6, 6.07) is 6.78. The number of nitrogens with two attached hydrogens (primary N) is 1. The van der Waals surface area contributed by atoms with Gasteiger partial charge in [-0.15, -0.1) is 0 Å². The minimum absolute atomic E-state index is 0.00717. The molecule has 0 aliphatic carbocycles. The van der Waals surface area contributed by atoms with Gasteiger partial charge in [0, 0.05) is 5.69 Å². The molecule has 3 N–H and O–H groups in total. The van der Waals surface area contributed by atoms with Gasteiger partial charge in [-0.3, -0.25) is 0 Å². The lowest BCUT2D eigenvalue weighted by atomic mass is 10.2. The molecule has 18 heavy (non-hydrogen) atoms. The normalized spacial score (nSPS) is 10.4. The van der Waals surface area contributed by atoms with Gasteiger partial charge in [-0.1, -0.05) is 29.3 Å². The van der Waals surface area contributed by atoms with E-state index < -0.39 is 11.6 Å². The Morgan fingerprint density at radius 2 is 1.67 bits per heavy atom. The van der Waals surface area contributed by atoms with Gasteiger partial charge in [0.2, 0.25) is 0 Å². The summed E-state index contributed by atoms with van der Waals surface area (Å²) in [5, 5.41) is 3.03. The average Bonchev–Trinajstić information content (AvgIpc) is 2.28. The molecule has 0 amide bonds. The Labute approximate surface area is 112 Å². The van der Waals surface area contributed by atoms with E-state index in [9.17, 15) is 8.78 Å². The molecule has 0 bridgehead atoms. The van der Waals surface area contributed by atoms with Crippen LogP contribution in [0, 0.1) is 11.6 Å². The summed E-state index contributed by atoms with van der Waals surface area (Å²) in [4.78, 5) is 0. The fraction of sp³-hybridized carbons (Fsp3) is 0. The highest BCUT2D eigenvalue weighted by molar-refractivity contribution is 6.43. The molecule has 0 spiro atoms. The number of halogens is 4. The van der Waals surface area contributed by atoms with Crippen molar-refractivity contribution < 1.29 is 8.78 Å². The van der Waals surface area contributed by atoms with E-state index in [1.165, 1.54) is 0 Å². The fourth-order valence-electron chi connectivity index (χ4n) is 1.45. The van der Waals surface area contributed by atoms with Crippen LogP contribution < -0.4 is 11.1 Å². The molecule has 94 valence electrons. The number of benzene rings is 2. The lowest BCUT2D eigenvalue weighted by Crippen LogP contribution is -2.00. The molecule has 6 heteroatoms. The second-order valence-electron chi connectivity index (χ2n) is 3.59. The van der Waals surface area contributed by atoms with Crippen LogP contribution in [0.25, 0.3) is 0 Å². The Morgan fingerprint density at radius 3 is 2.28 bits per heavy atom. The van der Waals surface area contributed by atoms with Crippen LogP contribution >= 0.6 is 23.2 Å². The van der Waals surface area contributed by atoms with Crippen molar-refractivity contribution in [2.75, 3.05) is 11.1 Å². The van der Waals surface area contributed by atoms with Gasteiger partial charge in [-0.2, -0.15) is 0 Å². The molecule has 0 saturated heterocycles. The third-order valence-electron chi connectivity index (χ3n) is 2.28. The Kier molecular flexibility index (Phi) is 3.59. The molecule has 0 aliphatic heterocycles. The Morgan fingerprint density at radius 1 is 1.06 bits per heavy atom. The van der Waals surface area contributed by atoms with Crippen LogP contribution in [0.1, 0.15) is 0 Å². The first-order valence-electron chi connectivity index (χ1n) is 4.94. The molecule has 2 aromatic carbocycles. The molecule has 0 unspecified atom stereocenters. The van der Waals surface area contributed by atoms with E-state index in [1.807, 2.05) is 0 Å². The fourth-order valence-corrected chi connectivity index (χ4v) is 1.79. The van der Waals surface area contributed by atoms with Crippen molar-refractivity contribution in [3.8, 4) is 0 Å². The molecule has 2 nitrogen and oxygen atoms in total. The first-order chi connectivity index (χ1) is 8.49. The predicted molar refractivity (Wildman–Crippen MR) is 70.5 cm³/mol. The van der Waals surface area contributed by atoms with Crippen LogP contribution in [0.2, 0.25) is 10.0 Å². The smallest absolute Gasteiger partial charge is 0.151 e. The molecule has 0 radical (unpaired) electrons. The van der Waals surface area contributed by atoms with Crippen LogP contribution in [0.5, 0.6) is 0 Å². The monoisotopic (exact) mass is 288 g/mol. The summed E-state index contributed by atoms with van der Waals surface area (Å²) >= 11 is 11.7. The molecule has 2 rings (SSSR count). The zero-order valence-electron chi connectivity index (χ0n) is 8.98. The summed E-state index contributed by atoms with van der Waals surface area (Å²) in [6.45, 7) is 0. The highest BCUT2D eigenvalue weighted by Crippen LogP contribution is 2.33. The van der Waals surface area contributed by atoms with Gasteiger partial charge in [0.05, 0.1) is 15.7 Å². The maximum Gasteiger partial charge on any atom is 0.151 e. The summed E-state index contributed by atoms with van der Waals surface area (Å²) in [5.41, 5.74) is 5.31. The molecular weight excluding hydrogens is 281 g/mol. The summed E-state index contributed by atoms with van der Waals surface area (Å²) < 4.78 is 27.1. The first kappa shape index (κ1) is 12.9. The van der Waals surface area contributed by atoms with Crippen molar-refractivity contribution in [2.45, 2.75) is 0 Å². The summed E-state index contributed by atoms with van der Waals surface area (Å²) in [6.07, 6.45) is 0.